The molecule has 28 heavy (non-hydrogen) atoms. The van der Waals surface area contributed by atoms with Crippen molar-refractivity contribution >= 4 is 16.8 Å². The third-order valence-corrected chi connectivity index (χ3v) is 4.95. The van der Waals surface area contributed by atoms with Crippen LogP contribution in [0.15, 0.2) is 53.3 Å². The van der Waals surface area contributed by atoms with Gasteiger partial charge < -0.3 is 15.0 Å². The summed E-state index contributed by atoms with van der Waals surface area (Å²) in [6.45, 7) is 6.23. The molecule has 0 aliphatic rings. The van der Waals surface area contributed by atoms with E-state index in [4.69, 9.17) is 4.74 Å². The van der Waals surface area contributed by atoms with E-state index in [1.807, 2.05) is 69.3 Å². The smallest absolute Gasteiger partial charge is 0.253 e. The van der Waals surface area contributed by atoms with Gasteiger partial charge in [0.25, 0.3) is 5.56 Å². The minimum absolute atomic E-state index is 0.0936. The number of H-pyrrole nitrogens is 1. The maximum absolute atomic E-state index is 12.9. The predicted molar refractivity (Wildman–Crippen MR) is 112 cm³/mol. The monoisotopic (exact) mass is 378 g/mol. The van der Waals surface area contributed by atoms with E-state index in [1.165, 1.54) is 0 Å². The standard InChI is InChI=1S/C23H26N2O3/c1-14(2)21(16-6-8-19(28-4)9-7-16)23(27)24-13-18-12-17-11-15(3)5-10-20(17)25-22(18)26/h5-12,14,21H,13H2,1-4H3,(H,24,27)(H,25,26). The highest BCUT2D eigenvalue weighted by Crippen LogP contribution is 2.26. The van der Waals surface area contributed by atoms with Crippen LogP contribution in [-0.4, -0.2) is 18.0 Å². The Morgan fingerprint density at radius 2 is 1.82 bits per heavy atom. The van der Waals surface area contributed by atoms with Gasteiger partial charge in [-0.1, -0.05) is 37.6 Å². The number of aryl methyl sites for hydroxylation is 1. The van der Waals surface area contributed by atoms with E-state index < -0.39 is 0 Å². The number of hydrogen-bond donors (Lipinski definition) is 2. The Bertz CT molecular complexity index is 1040. The largest absolute Gasteiger partial charge is 0.497 e. The molecule has 2 aromatic carbocycles. The number of benzene rings is 2. The molecule has 5 nitrogen and oxygen atoms in total. The Hall–Kier alpha value is -3.08. The lowest BCUT2D eigenvalue weighted by atomic mass is 9.87. The summed E-state index contributed by atoms with van der Waals surface area (Å²) in [7, 11) is 1.62. The van der Waals surface area contributed by atoms with E-state index in [-0.39, 0.29) is 29.8 Å². The summed E-state index contributed by atoms with van der Waals surface area (Å²) >= 11 is 0. The van der Waals surface area contributed by atoms with Gasteiger partial charge in [-0.3, -0.25) is 9.59 Å². The summed E-state index contributed by atoms with van der Waals surface area (Å²) < 4.78 is 5.19. The first kappa shape index (κ1) is 19.7. The third kappa shape index (κ3) is 4.25. The van der Waals surface area contributed by atoms with Crippen molar-refractivity contribution in [2.24, 2.45) is 5.92 Å². The molecule has 5 heteroatoms. The Morgan fingerprint density at radius 1 is 1.11 bits per heavy atom. The second kappa shape index (κ2) is 8.30. The molecule has 3 aromatic rings. The number of carbonyl (C=O) groups is 1. The zero-order chi connectivity index (χ0) is 20.3. The van der Waals surface area contributed by atoms with Crippen molar-refractivity contribution in [3.8, 4) is 5.75 Å². The number of amides is 1. The van der Waals surface area contributed by atoms with Gasteiger partial charge in [0.2, 0.25) is 5.91 Å². The van der Waals surface area contributed by atoms with Crippen LogP contribution in [0.3, 0.4) is 0 Å². The van der Waals surface area contributed by atoms with Crippen molar-refractivity contribution in [1.82, 2.24) is 10.3 Å². The molecule has 1 heterocycles. The van der Waals surface area contributed by atoms with Gasteiger partial charge in [-0.25, -0.2) is 0 Å². The maximum Gasteiger partial charge on any atom is 0.253 e. The Labute approximate surface area is 164 Å². The van der Waals surface area contributed by atoms with Gasteiger partial charge in [0.1, 0.15) is 5.75 Å². The molecule has 0 spiro atoms. The summed E-state index contributed by atoms with van der Waals surface area (Å²) in [6, 6.07) is 15.3. The summed E-state index contributed by atoms with van der Waals surface area (Å²) in [6.07, 6.45) is 0. The fourth-order valence-electron chi connectivity index (χ4n) is 3.45. The van der Waals surface area contributed by atoms with Gasteiger partial charge in [-0.15, -0.1) is 0 Å². The molecule has 0 saturated carbocycles. The first-order chi connectivity index (χ1) is 13.4. The van der Waals surface area contributed by atoms with Gasteiger partial charge in [-0.05, 0) is 54.1 Å². The number of pyridine rings is 1. The fourth-order valence-corrected chi connectivity index (χ4v) is 3.45. The van der Waals surface area contributed by atoms with Gasteiger partial charge in [0, 0.05) is 17.6 Å². The minimum atomic E-state index is -0.298. The molecule has 0 radical (unpaired) electrons. The molecule has 0 aliphatic heterocycles. The Kier molecular flexibility index (Phi) is 5.83. The Balaban J connectivity index is 1.80. The summed E-state index contributed by atoms with van der Waals surface area (Å²) in [4.78, 5) is 28.1. The maximum atomic E-state index is 12.9. The second-order valence-corrected chi connectivity index (χ2v) is 7.43. The van der Waals surface area contributed by atoms with Crippen molar-refractivity contribution in [3.05, 3.63) is 75.6 Å². The molecule has 146 valence electrons. The van der Waals surface area contributed by atoms with Crippen LogP contribution in [0.5, 0.6) is 5.75 Å². The molecule has 0 saturated heterocycles. The predicted octanol–water partition coefficient (Wildman–Crippen LogP) is 3.90. The molecular formula is C23H26N2O3. The van der Waals surface area contributed by atoms with Crippen molar-refractivity contribution < 1.29 is 9.53 Å². The SMILES string of the molecule is COc1ccc(C(C(=O)NCc2cc3cc(C)ccc3[nH]c2=O)C(C)C)cc1. The van der Waals surface area contributed by atoms with Crippen molar-refractivity contribution in [3.63, 3.8) is 0 Å². The molecular weight excluding hydrogens is 352 g/mol. The first-order valence-electron chi connectivity index (χ1n) is 9.43. The molecule has 1 unspecified atom stereocenters. The number of ether oxygens (including phenoxy) is 1. The number of aromatic nitrogens is 1. The summed E-state index contributed by atoms with van der Waals surface area (Å²) in [5, 5.41) is 3.90. The zero-order valence-electron chi connectivity index (χ0n) is 16.7. The van der Waals surface area contributed by atoms with E-state index >= 15 is 0 Å². The quantitative estimate of drug-likeness (QED) is 0.683. The molecule has 2 N–H and O–H groups in total. The average Bonchev–Trinajstić information content (AvgIpc) is 2.67. The van der Waals surface area contributed by atoms with Crippen LogP contribution < -0.4 is 15.6 Å². The molecule has 0 aliphatic carbocycles. The van der Waals surface area contributed by atoms with Gasteiger partial charge in [-0.2, -0.15) is 0 Å². The van der Waals surface area contributed by atoms with Crippen molar-refractivity contribution in [2.75, 3.05) is 7.11 Å². The summed E-state index contributed by atoms with van der Waals surface area (Å²) in [5.74, 6) is 0.479. The van der Waals surface area contributed by atoms with Crippen molar-refractivity contribution in [1.29, 1.82) is 0 Å². The number of rotatable bonds is 6. The van der Waals surface area contributed by atoms with Crippen LogP contribution in [0.4, 0.5) is 0 Å². The van der Waals surface area contributed by atoms with E-state index in [0.717, 1.165) is 27.8 Å². The molecule has 0 fully saturated rings. The van der Waals surface area contributed by atoms with E-state index in [2.05, 4.69) is 10.3 Å². The lowest BCUT2D eigenvalue weighted by Crippen LogP contribution is -2.33. The number of nitrogens with one attached hydrogen (secondary N) is 2. The van der Waals surface area contributed by atoms with Gasteiger partial charge in [0.05, 0.1) is 13.0 Å². The number of hydrogen-bond acceptors (Lipinski definition) is 3. The third-order valence-electron chi connectivity index (χ3n) is 4.95. The van der Waals surface area contributed by atoms with E-state index in [9.17, 15) is 9.59 Å². The van der Waals surface area contributed by atoms with Crippen LogP contribution >= 0.6 is 0 Å². The highest BCUT2D eigenvalue weighted by molar-refractivity contribution is 5.84. The molecule has 1 amide bonds. The lowest BCUT2D eigenvalue weighted by Gasteiger charge is -2.21. The van der Waals surface area contributed by atoms with Gasteiger partial charge in [0.15, 0.2) is 0 Å². The first-order valence-corrected chi connectivity index (χ1v) is 9.43. The number of carbonyl (C=O) groups excluding carboxylic acids is 1. The normalized spacial score (nSPS) is 12.2. The Morgan fingerprint density at radius 3 is 2.46 bits per heavy atom. The molecule has 3 rings (SSSR count). The van der Waals surface area contributed by atoms with Gasteiger partial charge >= 0.3 is 0 Å². The van der Waals surface area contributed by atoms with Crippen LogP contribution in [0.1, 0.15) is 36.5 Å². The second-order valence-electron chi connectivity index (χ2n) is 7.43. The highest BCUT2D eigenvalue weighted by Gasteiger charge is 2.24. The topological polar surface area (TPSA) is 71.2 Å². The van der Waals surface area contributed by atoms with Crippen LogP contribution in [0, 0.1) is 12.8 Å². The summed E-state index contributed by atoms with van der Waals surface area (Å²) in [5.41, 5.74) is 3.21. The van der Waals surface area contributed by atoms with Crippen LogP contribution in [0.2, 0.25) is 0 Å². The number of methoxy groups -OCH3 is 1. The van der Waals surface area contributed by atoms with Crippen molar-refractivity contribution in [2.45, 2.75) is 33.2 Å². The minimum Gasteiger partial charge on any atom is -0.497 e. The fraction of sp³-hybridized carbons (Fsp3) is 0.304. The highest BCUT2D eigenvalue weighted by atomic mass is 16.5. The molecule has 1 aromatic heterocycles. The molecule has 0 bridgehead atoms. The number of fused-ring (bicyclic) bond motifs is 1. The average molecular weight is 378 g/mol. The van der Waals surface area contributed by atoms with E-state index in [0.29, 0.717) is 5.56 Å². The van der Waals surface area contributed by atoms with Crippen LogP contribution in [-0.2, 0) is 11.3 Å². The molecule has 1 atom stereocenters. The number of aromatic amines is 1. The zero-order valence-corrected chi connectivity index (χ0v) is 16.7. The van der Waals surface area contributed by atoms with Crippen LogP contribution in [0.25, 0.3) is 10.9 Å². The lowest BCUT2D eigenvalue weighted by molar-refractivity contribution is -0.123. The van der Waals surface area contributed by atoms with E-state index in [1.54, 1.807) is 7.11 Å².